The van der Waals surface area contributed by atoms with Crippen LogP contribution in [0.15, 0.2) is 67.3 Å². The summed E-state index contributed by atoms with van der Waals surface area (Å²) in [5, 5.41) is 2.57. The van der Waals surface area contributed by atoms with E-state index >= 15 is 0 Å². The Kier molecular flexibility index (Phi) is 7.43. The molecule has 0 heterocycles. The number of carbonyl (C=O) groups excluding carboxylic acids is 2. The predicted octanol–water partition coefficient (Wildman–Crippen LogP) is 2.89. The third kappa shape index (κ3) is 6.09. The zero-order valence-corrected chi connectivity index (χ0v) is 14.8. The number of carbonyl (C=O) groups is 2. The van der Waals surface area contributed by atoms with Gasteiger partial charge in [-0.05, 0) is 24.1 Å². The van der Waals surface area contributed by atoms with E-state index in [4.69, 9.17) is 9.47 Å². The van der Waals surface area contributed by atoms with Crippen molar-refractivity contribution in [1.82, 2.24) is 5.32 Å². The van der Waals surface area contributed by atoms with Crippen LogP contribution in [-0.2, 0) is 20.7 Å². The van der Waals surface area contributed by atoms with Gasteiger partial charge in [-0.1, -0.05) is 54.6 Å². The van der Waals surface area contributed by atoms with Gasteiger partial charge in [-0.3, -0.25) is 4.79 Å². The first-order valence-electron chi connectivity index (χ1n) is 8.43. The Labute approximate surface area is 153 Å². The number of ether oxygens (including phenoxy) is 2. The van der Waals surface area contributed by atoms with Gasteiger partial charge in [0.05, 0.1) is 0 Å². The molecule has 2 aromatic carbocycles. The van der Waals surface area contributed by atoms with Crippen molar-refractivity contribution in [3.63, 3.8) is 0 Å². The molecule has 0 aliphatic heterocycles. The number of hydrogen-bond acceptors (Lipinski definition) is 4. The van der Waals surface area contributed by atoms with E-state index in [1.165, 1.54) is 6.92 Å². The number of benzene rings is 2. The molecule has 0 radical (unpaired) electrons. The molecule has 1 N–H and O–H groups in total. The van der Waals surface area contributed by atoms with E-state index in [9.17, 15) is 9.59 Å². The maximum Gasteiger partial charge on any atom is 0.344 e. The maximum atomic E-state index is 11.9. The topological polar surface area (TPSA) is 64.6 Å². The molecule has 0 aromatic heterocycles. The number of amides is 1. The standard InChI is InChI=1S/C21H23NO4/c1-3-13-22-21(24)16(2)26-20(23)15-25-19-12-8-7-11-18(19)14-17-9-5-4-6-10-17/h3-12,16H,1,13-15H2,2H3,(H,22,24)/t16-/m1/s1. The first-order valence-corrected chi connectivity index (χ1v) is 8.43. The fourth-order valence-electron chi connectivity index (χ4n) is 2.34. The number of esters is 1. The molecule has 2 aromatic rings. The van der Waals surface area contributed by atoms with Crippen LogP contribution in [0, 0.1) is 0 Å². The maximum absolute atomic E-state index is 11.9. The van der Waals surface area contributed by atoms with Gasteiger partial charge in [0, 0.05) is 13.0 Å². The van der Waals surface area contributed by atoms with Gasteiger partial charge < -0.3 is 14.8 Å². The molecular formula is C21H23NO4. The lowest BCUT2D eigenvalue weighted by Crippen LogP contribution is -2.36. The van der Waals surface area contributed by atoms with Crippen molar-refractivity contribution in [2.24, 2.45) is 0 Å². The van der Waals surface area contributed by atoms with Crippen molar-refractivity contribution in [3.8, 4) is 5.75 Å². The van der Waals surface area contributed by atoms with Crippen molar-refractivity contribution >= 4 is 11.9 Å². The van der Waals surface area contributed by atoms with Gasteiger partial charge in [0.2, 0.25) is 0 Å². The fourth-order valence-corrected chi connectivity index (χ4v) is 2.34. The molecule has 0 aliphatic carbocycles. The van der Waals surface area contributed by atoms with Crippen LogP contribution in [0.1, 0.15) is 18.1 Å². The highest BCUT2D eigenvalue weighted by Gasteiger charge is 2.17. The summed E-state index contributed by atoms with van der Waals surface area (Å²) in [6.07, 6.45) is 1.37. The van der Waals surface area contributed by atoms with Crippen molar-refractivity contribution in [2.75, 3.05) is 13.2 Å². The zero-order chi connectivity index (χ0) is 18.8. The van der Waals surface area contributed by atoms with Crippen molar-refractivity contribution in [1.29, 1.82) is 0 Å². The van der Waals surface area contributed by atoms with E-state index in [0.29, 0.717) is 18.7 Å². The molecule has 136 valence electrons. The van der Waals surface area contributed by atoms with E-state index in [0.717, 1.165) is 11.1 Å². The highest BCUT2D eigenvalue weighted by atomic mass is 16.6. The van der Waals surface area contributed by atoms with Crippen LogP contribution in [-0.4, -0.2) is 31.1 Å². The van der Waals surface area contributed by atoms with E-state index in [-0.39, 0.29) is 12.5 Å². The van der Waals surface area contributed by atoms with Gasteiger partial charge in [-0.25, -0.2) is 4.79 Å². The monoisotopic (exact) mass is 353 g/mol. The normalized spacial score (nSPS) is 11.3. The van der Waals surface area contributed by atoms with Crippen molar-refractivity contribution in [3.05, 3.63) is 78.4 Å². The van der Waals surface area contributed by atoms with Gasteiger partial charge in [-0.15, -0.1) is 6.58 Å². The molecule has 0 fully saturated rings. The number of para-hydroxylation sites is 1. The minimum atomic E-state index is -0.884. The third-order valence-electron chi connectivity index (χ3n) is 3.65. The Hall–Kier alpha value is -3.08. The van der Waals surface area contributed by atoms with Crippen molar-refractivity contribution < 1.29 is 19.1 Å². The second-order valence-electron chi connectivity index (χ2n) is 5.72. The third-order valence-corrected chi connectivity index (χ3v) is 3.65. The largest absolute Gasteiger partial charge is 0.482 e. The summed E-state index contributed by atoms with van der Waals surface area (Å²) in [6.45, 7) is 5.09. The zero-order valence-electron chi connectivity index (χ0n) is 14.8. The number of nitrogens with one attached hydrogen (secondary N) is 1. The molecule has 1 atom stereocenters. The highest BCUT2D eigenvalue weighted by molar-refractivity contribution is 5.83. The van der Waals surface area contributed by atoms with Gasteiger partial charge >= 0.3 is 5.97 Å². The SMILES string of the molecule is C=CCNC(=O)[C@@H](C)OC(=O)COc1ccccc1Cc1ccccc1. The molecule has 5 heteroatoms. The molecule has 5 nitrogen and oxygen atoms in total. The van der Waals surface area contributed by atoms with Gasteiger partial charge in [-0.2, -0.15) is 0 Å². The summed E-state index contributed by atoms with van der Waals surface area (Å²) in [6, 6.07) is 17.5. The molecule has 0 spiro atoms. The van der Waals surface area contributed by atoms with Crippen molar-refractivity contribution in [2.45, 2.75) is 19.4 Å². The average Bonchev–Trinajstić information content (AvgIpc) is 2.66. The Bertz CT molecular complexity index is 743. The Morgan fingerprint density at radius 2 is 1.81 bits per heavy atom. The van der Waals surface area contributed by atoms with E-state index < -0.39 is 12.1 Å². The average molecular weight is 353 g/mol. The smallest absolute Gasteiger partial charge is 0.344 e. The second-order valence-corrected chi connectivity index (χ2v) is 5.72. The van der Waals surface area contributed by atoms with Gasteiger partial charge in [0.1, 0.15) is 5.75 Å². The molecular weight excluding hydrogens is 330 g/mol. The first kappa shape index (κ1) is 19.2. The molecule has 0 bridgehead atoms. The van der Waals surface area contributed by atoms with Crippen LogP contribution in [0.2, 0.25) is 0 Å². The predicted molar refractivity (Wildman–Crippen MR) is 99.9 cm³/mol. The lowest BCUT2D eigenvalue weighted by Gasteiger charge is -2.14. The molecule has 0 saturated heterocycles. The molecule has 0 saturated carbocycles. The van der Waals surface area contributed by atoms with Crippen LogP contribution < -0.4 is 10.1 Å². The van der Waals surface area contributed by atoms with E-state index in [2.05, 4.69) is 11.9 Å². The summed E-state index contributed by atoms with van der Waals surface area (Å²) in [7, 11) is 0. The second kappa shape index (κ2) is 10.0. The van der Waals surface area contributed by atoms with E-state index in [1.807, 2.05) is 54.6 Å². The van der Waals surface area contributed by atoms with Crippen LogP contribution in [0.5, 0.6) is 5.75 Å². The quantitative estimate of drug-likeness (QED) is 0.556. The summed E-state index contributed by atoms with van der Waals surface area (Å²) >= 11 is 0. The highest BCUT2D eigenvalue weighted by Crippen LogP contribution is 2.21. The van der Waals surface area contributed by atoms with E-state index in [1.54, 1.807) is 6.08 Å². The summed E-state index contributed by atoms with van der Waals surface area (Å²) in [4.78, 5) is 23.6. The summed E-state index contributed by atoms with van der Waals surface area (Å²) in [5.74, 6) is -0.347. The minimum absolute atomic E-state index is 0.259. The number of hydrogen-bond donors (Lipinski definition) is 1. The Morgan fingerprint density at radius 1 is 1.12 bits per heavy atom. The number of rotatable bonds is 9. The minimum Gasteiger partial charge on any atom is -0.482 e. The molecule has 26 heavy (non-hydrogen) atoms. The molecule has 0 unspecified atom stereocenters. The fraction of sp³-hybridized carbons (Fsp3) is 0.238. The Morgan fingerprint density at radius 3 is 2.54 bits per heavy atom. The molecule has 2 rings (SSSR count). The van der Waals surface area contributed by atoms with Crippen LogP contribution in [0.3, 0.4) is 0 Å². The summed E-state index contributed by atoms with van der Waals surface area (Å²) < 4.78 is 10.7. The van der Waals surface area contributed by atoms with Gasteiger partial charge in [0.25, 0.3) is 5.91 Å². The van der Waals surface area contributed by atoms with Crippen LogP contribution in [0.25, 0.3) is 0 Å². The summed E-state index contributed by atoms with van der Waals surface area (Å²) in [5.41, 5.74) is 2.13. The van der Waals surface area contributed by atoms with Crippen LogP contribution in [0.4, 0.5) is 0 Å². The van der Waals surface area contributed by atoms with Crippen LogP contribution >= 0.6 is 0 Å². The first-order chi connectivity index (χ1) is 12.6. The Balaban J connectivity index is 1.90. The molecule has 1 amide bonds. The lowest BCUT2D eigenvalue weighted by atomic mass is 10.0. The van der Waals surface area contributed by atoms with Gasteiger partial charge in [0.15, 0.2) is 12.7 Å². The molecule has 0 aliphatic rings. The lowest BCUT2D eigenvalue weighted by molar-refractivity contribution is -0.156.